The van der Waals surface area contributed by atoms with Crippen molar-refractivity contribution in [1.29, 1.82) is 0 Å². The fourth-order valence-electron chi connectivity index (χ4n) is 2.04. The summed E-state index contributed by atoms with van der Waals surface area (Å²) in [7, 11) is 3.62. The Kier molecular flexibility index (Phi) is 3.23. The summed E-state index contributed by atoms with van der Waals surface area (Å²) in [5.41, 5.74) is 1.95. The monoisotopic (exact) mass is 290 g/mol. The molecule has 0 bridgehead atoms. The molecule has 0 aliphatic rings. The number of rotatable bonds is 4. The first kappa shape index (κ1) is 12.8. The molecule has 0 spiro atoms. The maximum Gasteiger partial charge on any atom is 0.254 e. The Hall–Kier alpha value is -2.22. The van der Waals surface area contributed by atoms with E-state index in [1.165, 1.54) is 17.9 Å². The summed E-state index contributed by atoms with van der Waals surface area (Å²) in [6, 6.07) is 1.98. The van der Waals surface area contributed by atoms with Crippen LogP contribution < -0.4 is 9.64 Å². The van der Waals surface area contributed by atoms with Crippen LogP contribution >= 0.6 is 11.5 Å². The van der Waals surface area contributed by atoms with Crippen molar-refractivity contribution in [3.05, 3.63) is 29.0 Å². The van der Waals surface area contributed by atoms with Crippen molar-refractivity contribution in [3.63, 3.8) is 0 Å². The molecule has 3 aromatic rings. The molecule has 104 valence electrons. The maximum atomic E-state index is 5.24. The summed E-state index contributed by atoms with van der Waals surface area (Å²) in [5, 5.41) is 6.20. The number of hydrogen-bond acceptors (Lipinski definition) is 7. The molecule has 0 unspecified atom stereocenters. The van der Waals surface area contributed by atoms with Gasteiger partial charge in [0.1, 0.15) is 12.1 Å². The molecule has 8 heteroatoms. The molecule has 3 rings (SSSR count). The van der Waals surface area contributed by atoms with Crippen molar-refractivity contribution in [1.82, 2.24) is 24.0 Å². The average molecular weight is 290 g/mol. The van der Waals surface area contributed by atoms with E-state index in [-0.39, 0.29) is 0 Å². The molecule has 0 N–H and O–H groups in total. The van der Waals surface area contributed by atoms with E-state index in [1.54, 1.807) is 11.6 Å². The van der Waals surface area contributed by atoms with Gasteiger partial charge < -0.3 is 9.64 Å². The Labute approximate surface area is 120 Å². The second-order valence-electron chi connectivity index (χ2n) is 4.43. The second kappa shape index (κ2) is 5.04. The van der Waals surface area contributed by atoms with Gasteiger partial charge in [-0.2, -0.15) is 19.0 Å². The minimum atomic E-state index is 0.599. The highest BCUT2D eigenvalue weighted by Crippen LogP contribution is 2.23. The van der Waals surface area contributed by atoms with Gasteiger partial charge >= 0.3 is 0 Å². The van der Waals surface area contributed by atoms with Crippen LogP contribution in [0.15, 0.2) is 17.8 Å². The number of ether oxygens (including phenoxy) is 1. The predicted molar refractivity (Wildman–Crippen MR) is 76.3 cm³/mol. The Morgan fingerprint density at radius 1 is 1.45 bits per heavy atom. The van der Waals surface area contributed by atoms with Gasteiger partial charge in [0, 0.05) is 29.8 Å². The Morgan fingerprint density at radius 2 is 2.30 bits per heavy atom. The fourth-order valence-corrected chi connectivity index (χ4v) is 2.68. The molecule has 0 radical (unpaired) electrons. The normalized spacial score (nSPS) is 10.9. The van der Waals surface area contributed by atoms with Crippen LogP contribution in [0.3, 0.4) is 0 Å². The third-order valence-electron chi connectivity index (χ3n) is 2.96. The Balaban J connectivity index is 1.96. The minimum Gasteiger partial charge on any atom is -0.480 e. The average Bonchev–Trinajstić information content (AvgIpc) is 3.05. The Morgan fingerprint density at radius 3 is 3.10 bits per heavy atom. The molecular weight excluding hydrogens is 276 g/mol. The molecule has 0 saturated carbocycles. The second-order valence-corrected chi connectivity index (χ2v) is 5.06. The third-order valence-corrected chi connectivity index (χ3v) is 3.62. The van der Waals surface area contributed by atoms with E-state index in [0.717, 1.165) is 17.1 Å². The molecule has 0 fully saturated rings. The molecule has 0 aliphatic heterocycles. The smallest absolute Gasteiger partial charge is 0.254 e. The van der Waals surface area contributed by atoms with Crippen molar-refractivity contribution in [2.45, 2.75) is 13.5 Å². The van der Waals surface area contributed by atoms with E-state index in [0.29, 0.717) is 18.2 Å². The lowest BCUT2D eigenvalue weighted by molar-refractivity contribution is 0.397. The van der Waals surface area contributed by atoms with E-state index in [1.807, 2.05) is 25.4 Å². The largest absolute Gasteiger partial charge is 0.480 e. The highest BCUT2D eigenvalue weighted by molar-refractivity contribution is 7.03. The molecule has 0 atom stereocenters. The predicted octanol–water partition coefficient (Wildman–Crippen LogP) is 1.53. The SMILES string of the molecule is COc1nscc1CN(C)c1cc(C)nc2ncnn12. The van der Waals surface area contributed by atoms with Crippen LogP contribution in [-0.4, -0.2) is 38.1 Å². The van der Waals surface area contributed by atoms with Gasteiger partial charge in [0.2, 0.25) is 5.88 Å². The number of aryl methyl sites for hydroxylation is 1. The molecule has 20 heavy (non-hydrogen) atoms. The first-order valence-electron chi connectivity index (χ1n) is 6.05. The zero-order valence-corrected chi connectivity index (χ0v) is 12.3. The molecule has 0 aliphatic carbocycles. The standard InChI is InChI=1S/C12H14N6OS/c1-8-4-10(18-12(15-8)13-7-14-18)17(2)5-9-6-20-16-11(9)19-3/h4,6-7H,5H2,1-3H3. The minimum absolute atomic E-state index is 0.599. The van der Waals surface area contributed by atoms with Gasteiger partial charge in [0.25, 0.3) is 5.78 Å². The summed E-state index contributed by atoms with van der Waals surface area (Å²) in [5.74, 6) is 2.20. The number of aromatic nitrogens is 5. The molecular formula is C12H14N6OS. The number of methoxy groups -OCH3 is 1. The van der Waals surface area contributed by atoms with Gasteiger partial charge in [-0.3, -0.25) is 0 Å². The highest BCUT2D eigenvalue weighted by Gasteiger charge is 2.13. The quantitative estimate of drug-likeness (QED) is 0.726. The van der Waals surface area contributed by atoms with Gasteiger partial charge in [0.05, 0.1) is 13.7 Å². The molecule has 0 aromatic carbocycles. The van der Waals surface area contributed by atoms with Crippen LogP contribution in [0.25, 0.3) is 5.78 Å². The lowest BCUT2D eigenvalue weighted by atomic mass is 10.3. The zero-order valence-electron chi connectivity index (χ0n) is 11.4. The summed E-state index contributed by atoms with van der Waals surface area (Å²) >= 11 is 1.39. The van der Waals surface area contributed by atoms with Crippen molar-refractivity contribution in [2.75, 3.05) is 19.1 Å². The van der Waals surface area contributed by atoms with Crippen molar-refractivity contribution >= 4 is 23.1 Å². The van der Waals surface area contributed by atoms with Gasteiger partial charge in [0.15, 0.2) is 0 Å². The molecule has 7 nitrogen and oxygen atoms in total. The summed E-state index contributed by atoms with van der Waals surface area (Å²) < 4.78 is 11.2. The molecule has 3 heterocycles. The molecule has 3 aromatic heterocycles. The van der Waals surface area contributed by atoms with Crippen molar-refractivity contribution in [2.24, 2.45) is 0 Å². The van der Waals surface area contributed by atoms with E-state index in [4.69, 9.17) is 4.74 Å². The maximum absolute atomic E-state index is 5.24. The third kappa shape index (κ3) is 2.18. The number of anilines is 1. The summed E-state index contributed by atoms with van der Waals surface area (Å²) in [4.78, 5) is 10.5. The number of hydrogen-bond donors (Lipinski definition) is 0. The van der Waals surface area contributed by atoms with E-state index in [9.17, 15) is 0 Å². The Bertz CT molecular complexity index is 736. The highest BCUT2D eigenvalue weighted by atomic mass is 32.1. The van der Waals surface area contributed by atoms with Crippen LogP contribution in [-0.2, 0) is 6.54 Å². The van der Waals surface area contributed by atoms with Crippen molar-refractivity contribution < 1.29 is 4.74 Å². The summed E-state index contributed by atoms with van der Waals surface area (Å²) in [6.07, 6.45) is 1.51. The lowest BCUT2D eigenvalue weighted by Crippen LogP contribution is -2.20. The van der Waals surface area contributed by atoms with E-state index in [2.05, 4.69) is 24.3 Å². The van der Waals surface area contributed by atoms with Gasteiger partial charge in [-0.25, -0.2) is 4.98 Å². The number of fused-ring (bicyclic) bond motifs is 1. The van der Waals surface area contributed by atoms with E-state index < -0.39 is 0 Å². The van der Waals surface area contributed by atoms with Gasteiger partial charge in [-0.15, -0.1) is 0 Å². The zero-order chi connectivity index (χ0) is 14.1. The topological polar surface area (TPSA) is 68.4 Å². The van der Waals surface area contributed by atoms with Gasteiger partial charge in [-0.05, 0) is 18.5 Å². The molecule has 0 amide bonds. The number of nitrogens with zero attached hydrogens (tertiary/aromatic N) is 6. The summed E-state index contributed by atoms with van der Waals surface area (Å²) in [6.45, 7) is 2.62. The van der Waals surface area contributed by atoms with Crippen LogP contribution in [0, 0.1) is 6.92 Å². The lowest BCUT2D eigenvalue weighted by Gasteiger charge is -2.19. The van der Waals surface area contributed by atoms with Crippen LogP contribution in [0.1, 0.15) is 11.3 Å². The van der Waals surface area contributed by atoms with Crippen LogP contribution in [0.2, 0.25) is 0 Å². The fraction of sp³-hybridized carbons (Fsp3) is 0.333. The van der Waals surface area contributed by atoms with E-state index >= 15 is 0 Å². The molecule has 0 saturated heterocycles. The van der Waals surface area contributed by atoms with Crippen molar-refractivity contribution in [3.8, 4) is 5.88 Å². The van der Waals surface area contributed by atoms with Crippen LogP contribution in [0.4, 0.5) is 5.82 Å². The van der Waals surface area contributed by atoms with Crippen LogP contribution in [0.5, 0.6) is 5.88 Å². The first-order valence-corrected chi connectivity index (χ1v) is 6.88. The van der Waals surface area contributed by atoms with Gasteiger partial charge in [-0.1, -0.05) is 0 Å². The first-order chi connectivity index (χ1) is 9.69.